The van der Waals surface area contributed by atoms with Gasteiger partial charge in [0.1, 0.15) is 5.75 Å². The Morgan fingerprint density at radius 2 is 1.77 bits per heavy atom. The molecule has 0 fully saturated rings. The molecule has 5 heteroatoms. The minimum atomic E-state index is 0.250. The zero-order chi connectivity index (χ0) is 15.5. The lowest BCUT2D eigenvalue weighted by atomic mass is 10.1. The number of hydrogen-bond acceptors (Lipinski definition) is 4. The molecule has 0 radical (unpaired) electrons. The van der Waals surface area contributed by atoms with Crippen LogP contribution in [0.25, 0.3) is 11.4 Å². The first-order valence-corrected chi connectivity index (χ1v) is 7.70. The fourth-order valence-electron chi connectivity index (χ4n) is 2.15. The number of ether oxygens (including phenoxy) is 1. The fourth-order valence-corrected chi connectivity index (χ4v) is 2.38. The van der Waals surface area contributed by atoms with Crippen LogP contribution >= 0.6 is 15.9 Å². The number of aryl methyl sites for hydroxylation is 2. The highest BCUT2D eigenvalue weighted by molar-refractivity contribution is 9.10. The average molecular weight is 359 g/mol. The fraction of sp³-hybridized carbons (Fsp3) is 0.176. The van der Waals surface area contributed by atoms with E-state index in [1.807, 2.05) is 56.3 Å². The van der Waals surface area contributed by atoms with Crippen LogP contribution in [0.5, 0.6) is 5.75 Å². The molecule has 3 rings (SSSR count). The Kier molecular flexibility index (Phi) is 4.24. The largest absolute Gasteiger partial charge is 0.484 e. The standard InChI is InChI=1S/C17H15BrN2O2/c1-11-8-14(9-12(2)16(11)18)21-10-15-19-17(20-22-15)13-6-4-3-5-7-13/h3-9H,10H2,1-2H3. The predicted octanol–water partition coefficient (Wildman–Crippen LogP) is 4.69. The van der Waals surface area contributed by atoms with Gasteiger partial charge in [-0.2, -0.15) is 4.98 Å². The van der Waals surface area contributed by atoms with Crippen LogP contribution in [-0.4, -0.2) is 10.1 Å². The molecule has 0 N–H and O–H groups in total. The van der Waals surface area contributed by atoms with Crippen molar-refractivity contribution in [2.45, 2.75) is 20.5 Å². The van der Waals surface area contributed by atoms with Crippen molar-refractivity contribution < 1.29 is 9.26 Å². The number of hydrogen-bond donors (Lipinski definition) is 0. The van der Waals surface area contributed by atoms with Crippen molar-refractivity contribution >= 4 is 15.9 Å². The van der Waals surface area contributed by atoms with Crippen LogP contribution in [-0.2, 0) is 6.61 Å². The SMILES string of the molecule is Cc1cc(OCc2nc(-c3ccccc3)no2)cc(C)c1Br. The van der Waals surface area contributed by atoms with Gasteiger partial charge in [-0.3, -0.25) is 0 Å². The third-order valence-corrected chi connectivity index (χ3v) is 4.52. The van der Waals surface area contributed by atoms with Crippen molar-refractivity contribution in [1.82, 2.24) is 10.1 Å². The molecule has 0 aliphatic rings. The number of aromatic nitrogens is 2. The van der Waals surface area contributed by atoms with Crippen molar-refractivity contribution in [2.24, 2.45) is 0 Å². The Labute approximate surface area is 137 Å². The maximum absolute atomic E-state index is 5.74. The molecule has 1 heterocycles. The number of rotatable bonds is 4. The molecule has 0 atom stereocenters. The van der Waals surface area contributed by atoms with Crippen LogP contribution in [0.2, 0.25) is 0 Å². The monoisotopic (exact) mass is 358 g/mol. The summed E-state index contributed by atoms with van der Waals surface area (Å²) in [6, 6.07) is 13.7. The van der Waals surface area contributed by atoms with Gasteiger partial charge in [0.2, 0.25) is 5.82 Å². The molecular weight excluding hydrogens is 344 g/mol. The van der Waals surface area contributed by atoms with E-state index in [0.29, 0.717) is 11.7 Å². The first-order valence-electron chi connectivity index (χ1n) is 6.91. The molecule has 0 saturated carbocycles. The van der Waals surface area contributed by atoms with Crippen molar-refractivity contribution in [1.29, 1.82) is 0 Å². The van der Waals surface area contributed by atoms with Crippen LogP contribution < -0.4 is 4.74 Å². The van der Waals surface area contributed by atoms with E-state index in [4.69, 9.17) is 9.26 Å². The molecule has 22 heavy (non-hydrogen) atoms. The summed E-state index contributed by atoms with van der Waals surface area (Å²) in [7, 11) is 0. The quantitative estimate of drug-likeness (QED) is 0.678. The Bertz CT molecular complexity index is 761. The van der Waals surface area contributed by atoms with E-state index in [1.165, 1.54) is 0 Å². The van der Waals surface area contributed by atoms with Crippen molar-refractivity contribution in [3.63, 3.8) is 0 Å². The van der Waals surface area contributed by atoms with Gasteiger partial charge in [-0.15, -0.1) is 0 Å². The molecule has 0 amide bonds. The van der Waals surface area contributed by atoms with Gasteiger partial charge in [0.25, 0.3) is 5.89 Å². The van der Waals surface area contributed by atoms with Gasteiger partial charge in [-0.25, -0.2) is 0 Å². The molecule has 112 valence electrons. The summed E-state index contributed by atoms with van der Waals surface area (Å²) in [5, 5.41) is 3.97. The summed E-state index contributed by atoms with van der Waals surface area (Å²) in [5.41, 5.74) is 3.18. The summed E-state index contributed by atoms with van der Waals surface area (Å²) in [5.74, 6) is 1.82. The number of halogens is 1. The maximum Gasteiger partial charge on any atom is 0.264 e. The van der Waals surface area contributed by atoms with Gasteiger partial charge in [0.05, 0.1) is 0 Å². The molecule has 0 spiro atoms. The van der Waals surface area contributed by atoms with E-state index >= 15 is 0 Å². The Morgan fingerprint density at radius 1 is 1.09 bits per heavy atom. The van der Waals surface area contributed by atoms with Crippen LogP contribution in [0.4, 0.5) is 0 Å². The molecule has 0 unspecified atom stereocenters. The van der Waals surface area contributed by atoms with E-state index in [9.17, 15) is 0 Å². The van der Waals surface area contributed by atoms with E-state index in [2.05, 4.69) is 26.1 Å². The summed E-state index contributed by atoms with van der Waals surface area (Å²) < 4.78 is 12.1. The molecule has 1 aromatic heterocycles. The summed E-state index contributed by atoms with van der Waals surface area (Å²) >= 11 is 3.54. The van der Waals surface area contributed by atoms with Gasteiger partial charge in [0.15, 0.2) is 6.61 Å². The molecular formula is C17H15BrN2O2. The summed E-state index contributed by atoms with van der Waals surface area (Å²) in [6.07, 6.45) is 0. The lowest BCUT2D eigenvalue weighted by Crippen LogP contribution is -1.97. The number of nitrogens with zero attached hydrogens (tertiary/aromatic N) is 2. The highest BCUT2D eigenvalue weighted by Crippen LogP contribution is 2.26. The molecule has 0 bridgehead atoms. The van der Waals surface area contributed by atoms with Crippen LogP contribution in [0.15, 0.2) is 51.5 Å². The second kappa shape index (κ2) is 6.32. The highest BCUT2D eigenvalue weighted by Gasteiger charge is 2.09. The maximum atomic E-state index is 5.74. The first kappa shape index (κ1) is 14.8. The van der Waals surface area contributed by atoms with Gasteiger partial charge in [-0.05, 0) is 37.1 Å². The molecule has 0 aliphatic heterocycles. The van der Waals surface area contributed by atoms with Crippen LogP contribution in [0.3, 0.4) is 0 Å². The van der Waals surface area contributed by atoms with E-state index in [1.54, 1.807) is 0 Å². The lowest BCUT2D eigenvalue weighted by Gasteiger charge is -2.08. The van der Waals surface area contributed by atoms with Gasteiger partial charge >= 0.3 is 0 Å². The van der Waals surface area contributed by atoms with Crippen LogP contribution in [0.1, 0.15) is 17.0 Å². The third-order valence-electron chi connectivity index (χ3n) is 3.27. The van der Waals surface area contributed by atoms with Gasteiger partial charge in [0, 0.05) is 10.0 Å². The smallest absolute Gasteiger partial charge is 0.264 e. The summed E-state index contributed by atoms with van der Waals surface area (Å²) in [4.78, 5) is 4.35. The Balaban J connectivity index is 1.71. The minimum Gasteiger partial charge on any atom is -0.484 e. The Hall–Kier alpha value is -2.14. The molecule has 0 saturated heterocycles. The second-order valence-corrected chi connectivity index (χ2v) is 5.83. The average Bonchev–Trinajstić information content (AvgIpc) is 3.00. The highest BCUT2D eigenvalue weighted by atomic mass is 79.9. The molecule has 0 aliphatic carbocycles. The Morgan fingerprint density at radius 3 is 2.45 bits per heavy atom. The zero-order valence-corrected chi connectivity index (χ0v) is 13.9. The van der Waals surface area contributed by atoms with Gasteiger partial charge in [-0.1, -0.05) is 51.4 Å². The van der Waals surface area contributed by atoms with Crippen molar-refractivity contribution in [2.75, 3.05) is 0 Å². The van der Waals surface area contributed by atoms with E-state index in [0.717, 1.165) is 26.9 Å². The van der Waals surface area contributed by atoms with Crippen LogP contribution in [0, 0.1) is 13.8 Å². The number of benzene rings is 2. The normalized spacial score (nSPS) is 10.7. The first-order chi connectivity index (χ1) is 10.6. The third kappa shape index (κ3) is 3.20. The van der Waals surface area contributed by atoms with E-state index < -0.39 is 0 Å². The zero-order valence-electron chi connectivity index (χ0n) is 12.3. The second-order valence-electron chi connectivity index (χ2n) is 5.04. The predicted molar refractivity (Wildman–Crippen MR) is 87.7 cm³/mol. The van der Waals surface area contributed by atoms with Gasteiger partial charge < -0.3 is 9.26 Å². The van der Waals surface area contributed by atoms with Crippen molar-refractivity contribution in [3.05, 3.63) is 64.0 Å². The molecule has 4 nitrogen and oxygen atoms in total. The topological polar surface area (TPSA) is 48.2 Å². The van der Waals surface area contributed by atoms with E-state index in [-0.39, 0.29) is 6.61 Å². The molecule has 3 aromatic rings. The summed E-state index contributed by atoms with van der Waals surface area (Å²) in [6.45, 7) is 4.31. The van der Waals surface area contributed by atoms with Crippen molar-refractivity contribution in [3.8, 4) is 17.1 Å². The minimum absolute atomic E-state index is 0.250. The molecule has 2 aromatic carbocycles. The lowest BCUT2D eigenvalue weighted by molar-refractivity contribution is 0.242.